The van der Waals surface area contributed by atoms with Crippen LogP contribution in [0.2, 0.25) is 0 Å². The van der Waals surface area contributed by atoms with E-state index in [9.17, 15) is 14.4 Å². The van der Waals surface area contributed by atoms with Gasteiger partial charge in [0.25, 0.3) is 0 Å². The summed E-state index contributed by atoms with van der Waals surface area (Å²) < 4.78 is 16.7. The third-order valence-corrected chi connectivity index (χ3v) is 10.7. The van der Waals surface area contributed by atoms with Gasteiger partial charge in [-0.1, -0.05) is 222 Å². The molecular formula is C55H94O6. The van der Waals surface area contributed by atoms with E-state index in [2.05, 4.69) is 81.5 Å². The van der Waals surface area contributed by atoms with Crippen molar-refractivity contribution in [2.24, 2.45) is 0 Å². The molecule has 0 bridgehead atoms. The van der Waals surface area contributed by atoms with Crippen LogP contribution in [0.25, 0.3) is 0 Å². The normalized spacial score (nSPS) is 12.6. The summed E-state index contributed by atoms with van der Waals surface area (Å²) in [5, 5.41) is 0. The molecule has 0 radical (unpaired) electrons. The van der Waals surface area contributed by atoms with Crippen LogP contribution < -0.4 is 0 Å². The summed E-state index contributed by atoms with van der Waals surface area (Å²) in [7, 11) is 0. The van der Waals surface area contributed by atoms with Gasteiger partial charge in [-0.05, 0) is 70.6 Å². The highest BCUT2D eigenvalue weighted by Crippen LogP contribution is 2.14. The van der Waals surface area contributed by atoms with Crippen molar-refractivity contribution in [3.8, 4) is 0 Å². The highest BCUT2D eigenvalue weighted by atomic mass is 16.6. The number of carbonyl (C=O) groups excluding carboxylic acids is 3. The second-order valence-corrected chi connectivity index (χ2v) is 16.7. The Balaban J connectivity index is 4.51. The standard InChI is InChI=1S/C55H94O6/c1-4-7-10-13-16-19-22-25-27-30-33-36-39-42-45-48-54(57)60-51-52(50-59-53(56)47-44-41-38-35-32-29-24-21-18-15-12-9-6-3)61-55(58)49-46-43-40-37-34-31-28-26-23-20-17-14-11-8-5-2/h7,10,16,19,25-28,33,36,42,45,52H,4-6,8-9,11-15,17-18,20-24,29-32,34-35,37-41,43-44,46-51H2,1-3H3/b10-7-,19-16-,27-25-,28-26-,36-33-,45-42-. The van der Waals surface area contributed by atoms with Gasteiger partial charge in [0.15, 0.2) is 6.10 Å². The summed E-state index contributed by atoms with van der Waals surface area (Å²) in [6.07, 6.45) is 61.9. The molecule has 0 aromatic carbocycles. The fourth-order valence-electron chi connectivity index (χ4n) is 6.92. The lowest BCUT2D eigenvalue weighted by molar-refractivity contribution is -0.166. The van der Waals surface area contributed by atoms with Crippen LogP contribution in [0.1, 0.15) is 239 Å². The molecule has 0 amide bonds. The minimum Gasteiger partial charge on any atom is -0.462 e. The molecule has 6 nitrogen and oxygen atoms in total. The van der Waals surface area contributed by atoms with E-state index in [0.717, 1.165) is 83.5 Å². The SMILES string of the molecule is CC/C=C\C/C=C\C/C=C\C/C=C\C/C=C\CC(=O)OCC(COC(=O)CCCCCCCCCCCCCCC)OC(=O)CCCCCCC/C=C\CCCCCCCC. The number of ether oxygens (including phenoxy) is 3. The third-order valence-electron chi connectivity index (χ3n) is 10.7. The lowest BCUT2D eigenvalue weighted by Gasteiger charge is -2.18. The van der Waals surface area contributed by atoms with Gasteiger partial charge in [-0.25, -0.2) is 0 Å². The maximum Gasteiger partial charge on any atom is 0.309 e. The first-order valence-corrected chi connectivity index (χ1v) is 25.4. The number of carbonyl (C=O) groups is 3. The fourth-order valence-corrected chi connectivity index (χ4v) is 6.92. The quantitative estimate of drug-likeness (QED) is 0.0263. The van der Waals surface area contributed by atoms with Gasteiger partial charge in [0.2, 0.25) is 0 Å². The van der Waals surface area contributed by atoms with Crippen LogP contribution in [0, 0.1) is 0 Å². The van der Waals surface area contributed by atoms with Crippen molar-refractivity contribution < 1.29 is 28.6 Å². The highest BCUT2D eigenvalue weighted by Gasteiger charge is 2.19. The molecule has 0 saturated heterocycles. The summed E-state index contributed by atoms with van der Waals surface area (Å²) in [6.45, 7) is 6.42. The van der Waals surface area contributed by atoms with E-state index in [-0.39, 0.29) is 31.6 Å². The van der Waals surface area contributed by atoms with Gasteiger partial charge >= 0.3 is 17.9 Å². The number of unbranched alkanes of at least 4 members (excludes halogenated alkanes) is 23. The van der Waals surface area contributed by atoms with Gasteiger partial charge in [0.1, 0.15) is 13.2 Å². The number of hydrogen-bond donors (Lipinski definition) is 0. The zero-order valence-corrected chi connectivity index (χ0v) is 39.9. The predicted molar refractivity (Wildman–Crippen MR) is 261 cm³/mol. The van der Waals surface area contributed by atoms with Crippen molar-refractivity contribution in [2.75, 3.05) is 13.2 Å². The zero-order chi connectivity index (χ0) is 44.4. The minimum absolute atomic E-state index is 0.107. The van der Waals surface area contributed by atoms with Gasteiger partial charge in [0, 0.05) is 12.8 Å². The lowest BCUT2D eigenvalue weighted by atomic mass is 10.0. The molecule has 0 fully saturated rings. The van der Waals surface area contributed by atoms with Crippen molar-refractivity contribution in [1.29, 1.82) is 0 Å². The van der Waals surface area contributed by atoms with Crippen LogP contribution in [0.5, 0.6) is 0 Å². The Kier molecular flexibility index (Phi) is 46.9. The van der Waals surface area contributed by atoms with E-state index < -0.39 is 12.1 Å². The van der Waals surface area contributed by atoms with Gasteiger partial charge in [-0.15, -0.1) is 0 Å². The van der Waals surface area contributed by atoms with E-state index in [1.807, 2.05) is 6.08 Å². The smallest absolute Gasteiger partial charge is 0.309 e. The minimum atomic E-state index is -0.816. The summed E-state index contributed by atoms with van der Waals surface area (Å²) in [5.74, 6) is -1.05. The molecule has 0 aliphatic rings. The molecule has 1 atom stereocenters. The molecule has 0 aromatic rings. The lowest BCUT2D eigenvalue weighted by Crippen LogP contribution is -2.30. The second-order valence-electron chi connectivity index (χ2n) is 16.7. The molecule has 0 aromatic heterocycles. The summed E-state index contributed by atoms with van der Waals surface area (Å²) >= 11 is 0. The molecule has 61 heavy (non-hydrogen) atoms. The Labute approximate surface area is 376 Å². The summed E-state index contributed by atoms with van der Waals surface area (Å²) in [6, 6.07) is 0. The molecule has 1 unspecified atom stereocenters. The third kappa shape index (κ3) is 47.7. The molecule has 0 aliphatic heterocycles. The Morgan fingerprint density at radius 1 is 0.361 bits per heavy atom. The topological polar surface area (TPSA) is 78.9 Å². The Hall–Kier alpha value is -3.15. The van der Waals surface area contributed by atoms with Gasteiger partial charge in [-0.2, -0.15) is 0 Å². The largest absolute Gasteiger partial charge is 0.462 e. The molecular weight excluding hydrogens is 757 g/mol. The maximum atomic E-state index is 12.8. The maximum absolute atomic E-state index is 12.8. The van der Waals surface area contributed by atoms with Crippen LogP contribution >= 0.6 is 0 Å². The average Bonchev–Trinajstić information content (AvgIpc) is 3.26. The molecule has 0 N–H and O–H groups in total. The summed E-state index contributed by atoms with van der Waals surface area (Å²) in [4.78, 5) is 37.9. The first-order chi connectivity index (χ1) is 30.0. The Morgan fingerprint density at radius 2 is 0.705 bits per heavy atom. The average molecular weight is 851 g/mol. The predicted octanol–water partition coefficient (Wildman–Crippen LogP) is 16.6. The van der Waals surface area contributed by atoms with E-state index in [1.54, 1.807) is 6.08 Å². The fraction of sp³-hybridized carbons (Fsp3) is 0.727. The highest BCUT2D eigenvalue weighted by molar-refractivity contribution is 5.72. The van der Waals surface area contributed by atoms with E-state index >= 15 is 0 Å². The van der Waals surface area contributed by atoms with Gasteiger partial charge in [-0.3, -0.25) is 14.4 Å². The van der Waals surface area contributed by atoms with Crippen LogP contribution in [-0.4, -0.2) is 37.2 Å². The molecule has 0 heterocycles. The second kappa shape index (κ2) is 49.5. The zero-order valence-electron chi connectivity index (χ0n) is 39.9. The van der Waals surface area contributed by atoms with Crippen LogP contribution in [0.4, 0.5) is 0 Å². The Morgan fingerprint density at radius 3 is 1.13 bits per heavy atom. The molecule has 0 saturated carbocycles. The van der Waals surface area contributed by atoms with Gasteiger partial charge < -0.3 is 14.2 Å². The Bertz CT molecular complexity index is 1160. The first kappa shape index (κ1) is 57.9. The van der Waals surface area contributed by atoms with E-state index in [4.69, 9.17) is 14.2 Å². The number of allylic oxidation sites excluding steroid dienone is 11. The number of rotatable bonds is 45. The molecule has 350 valence electrons. The van der Waals surface area contributed by atoms with Crippen molar-refractivity contribution >= 4 is 17.9 Å². The first-order valence-electron chi connectivity index (χ1n) is 25.4. The summed E-state index contributed by atoms with van der Waals surface area (Å²) in [5.41, 5.74) is 0. The molecule has 0 rings (SSSR count). The van der Waals surface area contributed by atoms with E-state index in [1.165, 1.54) is 116 Å². The molecule has 0 spiro atoms. The number of hydrogen-bond acceptors (Lipinski definition) is 6. The van der Waals surface area contributed by atoms with E-state index in [0.29, 0.717) is 12.8 Å². The van der Waals surface area contributed by atoms with Crippen LogP contribution in [0.15, 0.2) is 72.9 Å². The van der Waals surface area contributed by atoms with Gasteiger partial charge in [0.05, 0.1) is 6.42 Å². The van der Waals surface area contributed by atoms with Crippen LogP contribution in [0.3, 0.4) is 0 Å². The molecule has 6 heteroatoms. The number of esters is 3. The van der Waals surface area contributed by atoms with Crippen molar-refractivity contribution in [3.63, 3.8) is 0 Å². The van der Waals surface area contributed by atoms with Crippen molar-refractivity contribution in [2.45, 2.75) is 245 Å². The van der Waals surface area contributed by atoms with Crippen LogP contribution in [-0.2, 0) is 28.6 Å². The monoisotopic (exact) mass is 851 g/mol. The van der Waals surface area contributed by atoms with Crippen molar-refractivity contribution in [1.82, 2.24) is 0 Å². The molecule has 0 aliphatic carbocycles. The van der Waals surface area contributed by atoms with Crippen molar-refractivity contribution in [3.05, 3.63) is 72.9 Å².